The van der Waals surface area contributed by atoms with Gasteiger partial charge in [0, 0.05) is 68.4 Å². The molecule has 1 aromatic carbocycles. The zero-order chi connectivity index (χ0) is 64.8. The second kappa shape index (κ2) is 40.0. The van der Waals surface area contributed by atoms with Crippen LogP contribution in [0, 0.1) is 17.8 Å². The number of aliphatic carboxylic acids is 5. The second-order valence-corrected chi connectivity index (χ2v) is 19.8. The molecule has 10 N–H and O–H groups in total. The maximum atomic E-state index is 11.9. The highest BCUT2D eigenvalue weighted by Gasteiger charge is 2.28. The molecule has 5 aromatic heterocycles. The molecule has 0 radical (unpaired) electrons. The van der Waals surface area contributed by atoms with Gasteiger partial charge in [-0.2, -0.15) is 11.8 Å². The lowest BCUT2D eigenvalue weighted by molar-refractivity contribution is -0.141. The highest BCUT2D eigenvalue weighted by molar-refractivity contribution is 7.98. The fourth-order valence-corrected chi connectivity index (χ4v) is 7.11. The molecule has 6 aromatic rings. The molecule has 31 heteroatoms. The van der Waals surface area contributed by atoms with Gasteiger partial charge >= 0.3 is 29.8 Å². The molecule has 2 unspecified atom stereocenters. The van der Waals surface area contributed by atoms with Crippen LogP contribution in [0.4, 0.5) is 0 Å². The van der Waals surface area contributed by atoms with Gasteiger partial charge in [-0.05, 0) is 48.2 Å². The van der Waals surface area contributed by atoms with Crippen LogP contribution in [0.2, 0.25) is 0 Å². The topological polar surface area (TPSA) is 461 Å². The Kier molecular flexibility index (Phi) is 33.5. The number of carboxylic acid groups (broad SMARTS) is 5. The van der Waals surface area contributed by atoms with Gasteiger partial charge in [0.2, 0.25) is 0 Å². The molecule has 0 aliphatic rings. The molecule has 0 saturated heterocycles. The van der Waals surface area contributed by atoms with Crippen molar-refractivity contribution in [3.8, 4) is 0 Å². The van der Waals surface area contributed by atoms with Crippen LogP contribution in [-0.4, -0.2) is 177 Å². The van der Waals surface area contributed by atoms with E-state index in [0.717, 1.165) is 5.56 Å². The van der Waals surface area contributed by atoms with Crippen molar-refractivity contribution in [3.05, 3.63) is 157 Å². The highest BCUT2D eigenvalue weighted by Crippen LogP contribution is 2.10. The molecule has 0 fully saturated rings. The first-order chi connectivity index (χ1) is 41.4. The quantitative estimate of drug-likeness (QED) is 0.0394. The Bertz CT molecular complexity index is 3100. The summed E-state index contributed by atoms with van der Waals surface area (Å²) in [5.41, 5.74) is 1.37. The van der Waals surface area contributed by atoms with Gasteiger partial charge in [0.15, 0.2) is 0 Å². The normalized spacial score (nSPS) is 12.3. The molecule has 0 spiro atoms. The van der Waals surface area contributed by atoms with Gasteiger partial charge in [0.25, 0.3) is 29.5 Å². The van der Waals surface area contributed by atoms with Gasteiger partial charge in [-0.1, -0.05) is 78.3 Å². The van der Waals surface area contributed by atoms with Gasteiger partial charge in [0.1, 0.15) is 58.7 Å². The fourth-order valence-electron chi connectivity index (χ4n) is 6.64. The number of rotatable bonds is 25. The smallest absolute Gasteiger partial charge is 0.326 e. The number of amides is 5. The van der Waals surface area contributed by atoms with Crippen LogP contribution in [0.3, 0.4) is 0 Å². The summed E-state index contributed by atoms with van der Waals surface area (Å²) >= 11 is 1.53. The molecule has 0 aliphatic heterocycles. The van der Waals surface area contributed by atoms with Crippen LogP contribution in [0.5, 0.6) is 0 Å². The van der Waals surface area contributed by atoms with Crippen molar-refractivity contribution in [3.63, 3.8) is 0 Å². The third-order valence-electron chi connectivity index (χ3n) is 11.4. The predicted octanol–water partition coefficient (Wildman–Crippen LogP) is 3.04. The monoisotopic (exact) mass is 1220 g/mol. The minimum Gasteiger partial charge on any atom is -0.480 e. The van der Waals surface area contributed by atoms with Crippen molar-refractivity contribution in [1.29, 1.82) is 0 Å². The zero-order valence-electron chi connectivity index (χ0n) is 48.4. The van der Waals surface area contributed by atoms with Crippen molar-refractivity contribution in [1.82, 2.24) is 76.4 Å². The van der Waals surface area contributed by atoms with Crippen LogP contribution in [-0.2, 0) is 30.4 Å². The third-order valence-corrected chi connectivity index (χ3v) is 12.0. The number of carbonyl (C=O) groups is 10. The number of nitrogens with zero attached hydrogens (tertiary/aromatic N) is 10. The van der Waals surface area contributed by atoms with Gasteiger partial charge in [-0.3, -0.25) is 48.9 Å². The molecule has 0 saturated carbocycles. The first-order valence-corrected chi connectivity index (χ1v) is 27.8. The van der Waals surface area contributed by atoms with E-state index < -0.39 is 89.6 Å². The average Bonchev–Trinajstić information content (AvgIpc) is 3.71. The average molecular weight is 1220 g/mol. The van der Waals surface area contributed by atoms with Gasteiger partial charge in [-0.15, -0.1) is 0 Å². The van der Waals surface area contributed by atoms with Crippen molar-refractivity contribution in [2.75, 3.05) is 12.0 Å². The minimum atomic E-state index is -1.09. The Labute approximate surface area is 503 Å². The molecule has 0 aliphatic carbocycles. The first-order valence-electron chi connectivity index (χ1n) is 26.4. The lowest BCUT2D eigenvalue weighted by atomic mass is 9.99. The number of carbonyl (C=O) groups excluding carboxylic acids is 5. The number of carboxylic acids is 5. The van der Waals surface area contributed by atoms with E-state index in [1.54, 1.807) is 20.8 Å². The lowest BCUT2D eigenvalue weighted by Crippen LogP contribution is -2.45. The molecule has 6 atom stereocenters. The maximum Gasteiger partial charge on any atom is 0.326 e. The van der Waals surface area contributed by atoms with Crippen LogP contribution in [0.1, 0.15) is 119 Å². The molecule has 0 bridgehead atoms. The van der Waals surface area contributed by atoms with Gasteiger partial charge < -0.3 is 52.1 Å². The van der Waals surface area contributed by atoms with Crippen LogP contribution in [0.15, 0.2) is 123 Å². The Hall–Kier alpha value is -10.3. The Morgan fingerprint density at radius 1 is 0.437 bits per heavy atom. The van der Waals surface area contributed by atoms with E-state index in [1.165, 1.54) is 105 Å². The van der Waals surface area contributed by atoms with Crippen molar-refractivity contribution >= 4 is 71.1 Å². The molecule has 464 valence electrons. The van der Waals surface area contributed by atoms with E-state index in [9.17, 15) is 53.1 Å². The number of nitrogens with one attached hydrogen (secondary N) is 5. The molecule has 5 amide bonds. The SMILES string of the molecule is CC(C)C[C@H](NC(=O)c1cnccn1)C(=O)O.CC(C)[C@H](NC(=O)c1cnccn1)C(=O)O.CCC(C)C(NC(=O)c1cnccn1)C(=O)O.CSCC[C@H](NC(=O)c1cnccn1)C(=O)O.O=C(N[C@@H](Cc1ccccc1)C(=O)O)c1cnccn1. The van der Waals surface area contributed by atoms with Crippen LogP contribution in [0.25, 0.3) is 0 Å². The van der Waals surface area contributed by atoms with E-state index in [4.69, 9.17) is 20.4 Å². The summed E-state index contributed by atoms with van der Waals surface area (Å²) in [4.78, 5) is 151. The second-order valence-electron chi connectivity index (χ2n) is 18.9. The highest BCUT2D eigenvalue weighted by atomic mass is 32.2. The number of aromatic nitrogens is 10. The minimum absolute atomic E-state index is 0.0896. The van der Waals surface area contributed by atoms with Crippen molar-refractivity contribution < 1.29 is 73.5 Å². The number of benzene rings is 1. The molecular weight excluding hydrogens is 1150 g/mol. The summed E-state index contributed by atoms with van der Waals surface area (Å²) in [5, 5.41) is 57.1. The molecule has 87 heavy (non-hydrogen) atoms. The summed E-state index contributed by atoms with van der Waals surface area (Å²) in [5.74, 6) is -7.44. The first kappa shape index (κ1) is 72.8. The number of hydrogen-bond donors (Lipinski definition) is 10. The summed E-state index contributed by atoms with van der Waals surface area (Å²) in [7, 11) is 0. The largest absolute Gasteiger partial charge is 0.480 e. The number of hydrogen-bond acceptors (Lipinski definition) is 21. The van der Waals surface area contributed by atoms with E-state index in [-0.39, 0.29) is 52.6 Å². The Balaban J connectivity index is 0.000000372. The fraction of sp³-hybridized carbons (Fsp3) is 0.357. The summed E-state index contributed by atoms with van der Waals surface area (Å²) in [6.07, 6.45) is 24.1. The maximum absolute atomic E-state index is 11.9. The Morgan fingerprint density at radius 2 is 0.770 bits per heavy atom. The molecule has 30 nitrogen and oxygen atoms in total. The summed E-state index contributed by atoms with van der Waals surface area (Å²) in [6.45, 7) is 10.9. The van der Waals surface area contributed by atoms with Gasteiger partial charge in [-0.25, -0.2) is 48.9 Å². The standard InChI is InChI=1S/C14H13N3O3.2C11H15N3O3.C10H13N3O3S.C10H13N3O3/c18-13(12-9-15-6-7-16-12)17-11(14(19)20)8-10-4-2-1-3-5-10;1-7(2)5-8(11(16)17)14-10(15)9-6-12-3-4-13-9;1-3-7(2)9(11(16)17)14-10(15)8-6-12-4-5-13-8;1-17-5-2-7(10(15)16)13-9(14)8-6-11-3-4-12-8;1-6(2)8(10(15)16)13-9(14)7-5-11-3-4-12-7/h1-7,9,11H,8H2,(H,17,18)(H,19,20);3-4,6-8H,5H2,1-2H3,(H,14,15)(H,16,17);4-7,9H,3H2,1-2H3,(H,14,15)(H,16,17);3-4,6-7H,2,5H2,1H3,(H,13,14)(H,15,16);3-6,8H,1-2H3,(H,13,14)(H,15,16)/t11-;8-;;7-;8-/m00.00/s1. The molecule has 5 heterocycles. The van der Waals surface area contributed by atoms with Crippen molar-refractivity contribution in [2.24, 2.45) is 17.8 Å². The van der Waals surface area contributed by atoms with E-state index in [1.807, 2.05) is 57.4 Å². The third kappa shape index (κ3) is 28.7. The van der Waals surface area contributed by atoms with E-state index >= 15 is 0 Å². The summed E-state index contributed by atoms with van der Waals surface area (Å²) in [6, 6.07) is 4.47. The predicted molar refractivity (Wildman–Crippen MR) is 312 cm³/mol. The van der Waals surface area contributed by atoms with Crippen molar-refractivity contribution in [2.45, 2.75) is 97.4 Å². The lowest BCUT2D eigenvalue weighted by Gasteiger charge is -2.19. The molecule has 6 rings (SSSR count). The van der Waals surface area contributed by atoms with Crippen LogP contribution >= 0.6 is 11.8 Å². The summed E-state index contributed by atoms with van der Waals surface area (Å²) < 4.78 is 0. The number of thioether (sulfide) groups is 1. The van der Waals surface area contributed by atoms with E-state index in [2.05, 4.69) is 76.4 Å². The zero-order valence-corrected chi connectivity index (χ0v) is 49.2. The van der Waals surface area contributed by atoms with Gasteiger partial charge in [0.05, 0.1) is 31.0 Å². The Morgan fingerprint density at radius 3 is 1.06 bits per heavy atom. The van der Waals surface area contributed by atoms with E-state index in [0.29, 0.717) is 25.0 Å². The molecular formula is C56H69N15O15S. The van der Waals surface area contributed by atoms with Crippen LogP contribution < -0.4 is 26.6 Å².